The molecule has 6 heteroatoms. The van der Waals surface area contributed by atoms with Crippen LogP contribution in [0.25, 0.3) is 0 Å². The highest BCUT2D eigenvalue weighted by atomic mass is 19.1. The van der Waals surface area contributed by atoms with Crippen LogP contribution in [0.5, 0.6) is 0 Å². The number of nitrogens with one attached hydrogen (secondary N) is 1. The monoisotopic (exact) mass is 328 g/mol. The van der Waals surface area contributed by atoms with Gasteiger partial charge in [-0.1, -0.05) is 12.1 Å². The van der Waals surface area contributed by atoms with Gasteiger partial charge in [-0.25, -0.2) is 14.4 Å². The normalized spacial score (nSPS) is 23.5. The quantitative estimate of drug-likeness (QED) is 0.884. The average Bonchev–Trinajstić information content (AvgIpc) is 3.33. The maximum absolute atomic E-state index is 13.6. The van der Waals surface area contributed by atoms with E-state index in [0.717, 1.165) is 29.7 Å². The summed E-state index contributed by atoms with van der Waals surface area (Å²) in [5.74, 6) is 2.06. The molecule has 2 atom stereocenters. The van der Waals surface area contributed by atoms with Crippen molar-refractivity contribution in [2.24, 2.45) is 5.92 Å². The van der Waals surface area contributed by atoms with Crippen LogP contribution in [-0.4, -0.2) is 34.3 Å². The van der Waals surface area contributed by atoms with Crippen molar-refractivity contribution in [3.05, 3.63) is 48.0 Å². The summed E-state index contributed by atoms with van der Waals surface area (Å²) in [6.45, 7) is 1.42. The molecule has 0 bridgehead atoms. The van der Waals surface area contributed by atoms with Gasteiger partial charge < -0.3 is 15.3 Å². The van der Waals surface area contributed by atoms with Crippen LogP contribution in [0.4, 0.5) is 16.0 Å². The number of aliphatic hydroxyl groups excluding tert-OH is 1. The molecule has 0 amide bonds. The van der Waals surface area contributed by atoms with Crippen LogP contribution in [0.2, 0.25) is 0 Å². The summed E-state index contributed by atoms with van der Waals surface area (Å²) in [7, 11) is 0. The van der Waals surface area contributed by atoms with Gasteiger partial charge in [-0.05, 0) is 42.9 Å². The van der Waals surface area contributed by atoms with Gasteiger partial charge in [-0.2, -0.15) is 0 Å². The number of benzene rings is 1. The molecule has 126 valence electrons. The number of aromatic nitrogens is 2. The molecule has 2 heterocycles. The molecular weight excluding hydrogens is 307 g/mol. The van der Waals surface area contributed by atoms with Gasteiger partial charge in [0.05, 0.1) is 12.1 Å². The van der Waals surface area contributed by atoms with Crippen molar-refractivity contribution in [2.45, 2.75) is 31.4 Å². The van der Waals surface area contributed by atoms with E-state index in [1.807, 2.05) is 17.0 Å². The summed E-state index contributed by atoms with van der Waals surface area (Å²) >= 11 is 0. The van der Waals surface area contributed by atoms with Crippen LogP contribution in [0.1, 0.15) is 30.9 Å². The Hall–Kier alpha value is -2.21. The predicted molar refractivity (Wildman–Crippen MR) is 90.4 cm³/mol. The summed E-state index contributed by atoms with van der Waals surface area (Å²) in [6, 6.07) is 8.39. The summed E-state index contributed by atoms with van der Waals surface area (Å²) in [4.78, 5) is 10.7. The number of anilines is 2. The second kappa shape index (κ2) is 6.36. The predicted octanol–water partition coefficient (Wildman–Crippen LogP) is 2.75. The fourth-order valence-corrected chi connectivity index (χ4v) is 3.27. The number of hydrogen-bond acceptors (Lipinski definition) is 5. The first-order valence-electron chi connectivity index (χ1n) is 8.45. The fraction of sp³-hybridized carbons (Fsp3) is 0.444. The molecule has 24 heavy (non-hydrogen) atoms. The lowest BCUT2D eigenvalue weighted by molar-refractivity contribution is 0.194. The molecule has 1 saturated carbocycles. The number of nitrogens with zero attached hydrogens (tertiary/aromatic N) is 3. The second-order valence-corrected chi connectivity index (χ2v) is 6.70. The van der Waals surface area contributed by atoms with E-state index >= 15 is 0 Å². The fourth-order valence-electron chi connectivity index (χ4n) is 3.27. The van der Waals surface area contributed by atoms with E-state index < -0.39 is 6.10 Å². The third-order valence-corrected chi connectivity index (χ3v) is 4.73. The zero-order valence-corrected chi connectivity index (χ0v) is 13.4. The van der Waals surface area contributed by atoms with Crippen molar-refractivity contribution >= 4 is 11.6 Å². The molecule has 2 aliphatic rings. The number of β-amino-alcohol motifs (C(OH)–C–C–N with tert-alkyl or cyclic N) is 1. The molecule has 1 aromatic heterocycles. The highest BCUT2D eigenvalue weighted by Crippen LogP contribution is 2.36. The third kappa shape index (κ3) is 3.33. The van der Waals surface area contributed by atoms with Crippen LogP contribution in [0, 0.1) is 11.7 Å². The molecule has 2 aromatic rings. The first kappa shape index (κ1) is 15.3. The Labute approximate surface area is 140 Å². The molecular formula is C18H21FN4O. The maximum Gasteiger partial charge on any atom is 0.134 e. The van der Waals surface area contributed by atoms with E-state index in [0.29, 0.717) is 13.0 Å². The minimum absolute atomic E-state index is 0.0816. The van der Waals surface area contributed by atoms with Gasteiger partial charge in [0.15, 0.2) is 0 Å². The standard InChI is InChI=1S/C18H21FN4O/c19-14-3-1-2-13(6-14)16-7-15(24)10-23(16)18-8-17(21-11-22-18)20-9-12-4-5-12/h1-3,6,8,11-12,15-16,24H,4-5,7,9-10H2,(H,20,21,22)/t15-,16+/m1/s1. The van der Waals surface area contributed by atoms with Crippen molar-refractivity contribution in [2.75, 3.05) is 23.3 Å². The van der Waals surface area contributed by atoms with Gasteiger partial charge >= 0.3 is 0 Å². The lowest BCUT2D eigenvalue weighted by Crippen LogP contribution is -2.25. The molecule has 0 unspecified atom stereocenters. The first-order chi connectivity index (χ1) is 11.7. The molecule has 5 nitrogen and oxygen atoms in total. The van der Waals surface area contributed by atoms with E-state index in [4.69, 9.17) is 0 Å². The molecule has 1 aromatic carbocycles. The maximum atomic E-state index is 13.6. The van der Waals surface area contributed by atoms with Gasteiger partial charge in [0.25, 0.3) is 0 Å². The summed E-state index contributed by atoms with van der Waals surface area (Å²) in [5.41, 5.74) is 0.859. The van der Waals surface area contributed by atoms with Gasteiger partial charge in [-0.3, -0.25) is 0 Å². The lowest BCUT2D eigenvalue weighted by Gasteiger charge is -2.26. The van der Waals surface area contributed by atoms with Gasteiger partial charge in [0.2, 0.25) is 0 Å². The zero-order chi connectivity index (χ0) is 16.5. The third-order valence-electron chi connectivity index (χ3n) is 4.73. The molecule has 2 fully saturated rings. The van der Waals surface area contributed by atoms with Crippen LogP contribution >= 0.6 is 0 Å². The molecule has 1 aliphatic carbocycles. The highest BCUT2D eigenvalue weighted by molar-refractivity contribution is 5.51. The molecule has 2 N–H and O–H groups in total. The summed E-state index contributed by atoms with van der Waals surface area (Å²) in [5, 5.41) is 13.5. The van der Waals surface area contributed by atoms with Crippen molar-refractivity contribution < 1.29 is 9.50 Å². The Morgan fingerprint density at radius 1 is 1.25 bits per heavy atom. The molecule has 4 rings (SSSR count). The number of halogens is 1. The first-order valence-corrected chi connectivity index (χ1v) is 8.45. The minimum atomic E-state index is -0.448. The van der Waals surface area contributed by atoms with Crippen molar-refractivity contribution in [3.8, 4) is 0 Å². The summed E-state index contributed by atoms with van der Waals surface area (Å²) < 4.78 is 13.6. The molecule has 0 spiro atoms. The van der Waals surface area contributed by atoms with Crippen molar-refractivity contribution in [3.63, 3.8) is 0 Å². The van der Waals surface area contributed by atoms with E-state index in [9.17, 15) is 9.50 Å². The number of rotatable bonds is 5. The van der Waals surface area contributed by atoms with Gasteiger partial charge in [0.1, 0.15) is 23.8 Å². The van der Waals surface area contributed by atoms with Crippen LogP contribution in [-0.2, 0) is 0 Å². The molecule has 0 radical (unpaired) electrons. The van der Waals surface area contributed by atoms with E-state index in [1.54, 1.807) is 6.07 Å². The smallest absolute Gasteiger partial charge is 0.134 e. The lowest BCUT2D eigenvalue weighted by atomic mass is 10.0. The Morgan fingerprint density at radius 2 is 2.12 bits per heavy atom. The van der Waals surface area contributed by atoms with E-state index in [-0.39, 0.29) is 11.9 Å². The Bertz CT molecular complexity index is 722. The second-order valence-electron chi connectivity index (χ2n) is 6.70. The van der Waals surface area contributed by atoms with Gasteiger partial charge in [-0.15, -0.1) is 0 Å². The van der Waals surface area contributed by atoms with E-state index in [2.05, 4.69) is 15.3 Å². The van der Waals surface area contributed by atoms with Crippen LogP contribution in [0.15, 0.2) is 36.7 Å². The molecule has 1 saturated heterocycles. The SMILES string of the molecule is O[C@@H]1C[C@@H](c2cccc(F)c2)N(c2cc(NCC3CC3)ncn2)C1. The molecule has 1 aliphatic heterocycles. The van der Waals surface area contributed by atoms with E-state index in [1.165, 1.54) is 31.3 Å². The Kier molecular flexibility index (Phi) is 4.06. The number of hydrogen-bond donors (Lipinski definition) is 2. The number of aliphatic hydroxyl groups is 1. The topological polar surface area (TPSA) is 61.3 Å². The average molecular weight is 328 g/mol. The van der Waals surface area contributed by atoms with Crippen molar-refractivity contribution in [1.82, 2.24) is 9.97 Å². The van der Waals surface area contributed by atoms with Crippen molar-refractivity contribution in [1.29, 1.82) is 0 Å². The minimum Gasteiger partial charge on any atom is -0.391 e. The van der Waals surface area contributed by atoms with Crippen LogP contribution in [0.3, 0.4) is 0 Å². The highest BCUT2D eigenvalue weighted by Gasteiger charge is 2.33. The largest absolute Gasteiger partial charge is 0.391 e. The summed E-state index contributed by atoms with van der Waals surface area (Å²) in [6.07, 6.45) is 4.22. The Balaban J connectivity index is 1.57. The Morgan fingerprint density at radius 3 is 2.92 bits per heavy atom. The van der Waals surface area contributed by atoms with Gasteiger partial charge in [0, 0.05) is 19.2 Å². The zero-order valence-electron chi connectivity index (χ0n) is 13.4. The van der Waals surface area contributed by atoms with Crippen LogP contribution < -0.4 is 10.2 Å².